The van der Waals surface area contributed by atoms with Gasteiger partial charge in [0.15, 0.2) is 0 Å². The van der Waals surface area contributed by atoms with Crippen molar-refractivity contribution in [3.8, 4) is 0 Å². The van der Waals surface area contributed by atoms with E-state index >= 15 is 0 Å². The molecule has 2 heterocycles. The van der Waals surface area contributed by atoms with Crippen molar-refractivity contribution in [2.24, 2.45) is 10.4 Å². The maximum atomic E-state index is 6.45. The maximum absolute atomic E-state index is 6.45. The highest BCUT2D eigenvalue weighted by atomic mass is 35.5. The van der Waals surface area contributed by atoms with Gasteiger partial charge < -0.3 is 15.1 Å². The Hall–Kier alpha value is -1.59. The number of rotatable bonds is 5. The number of hydrogen-bond acceptors (Lipinski definition) is 3. The second-order valence-electron chi connectivity index (χ2n) is 8.68. The highest BCUT2D eigenvalue weighted by Crippen LogP contribution is 2.46. The fourth-order valence-electron chi connectivity index (χ4n) is 4.65. The normalized spacial score (nSPS) is 19.5. The van der Waals surface area contributed by atoms with E-state index in [9.17, 15) is 0 Å². The van der Waals surface area contributed by atoms with Gasteiger partial charge in [-0.3, -0.25) is 4.99 Å². The van der Waals surface area contributed by atoms with Crippen LogP contribution in [0.15, 0.2) is 47.5 Å². The highest BCUT2D eigenvalue weighted by Gasteiger charge is 2.44. The minimum Gasteiger partial charge on any atom is -0.328 e. The predicted octanol–water partition coefficient (Wildman–Crippen LogP) is 4.89. The van der Waals surface area contributed by atoms with Crippen molar-refractivity contribution in [3.05, 3.63) is 63.6 Å². The van der Waals surface area contributed by atoms with Crippen LogP contribution in [0.3, 0.4) is 0 Å². The monoisotopic (exact) mass is 444 g/mol. The Morgan fingerprint density at radius 2 is 1.77 bits per heavy atom. The Morgan fingerprint density at radius 3 is 2.47 bits per heavy atom. The van der Waals surface area contributed by atoms with Crippen LogP contribution < -0.4 is 10.2 Å². The van der Waals surface area contributed by atoms with E-state index in [0.29, 0.717) is 16.6 Å². The van der Waals surface area contributed by atoms with Crippen molar-refractivity contribution in [3.63, 3.8) is 0 Å². The molecule has 0 saturated carbocycles. The predicted molar refractivity (Wildman–Crippen MR) is 128 cm³/mol. The number of benzene rings is 2. The van der Waals surface area contributed by atoms with Crippen LogP contribution in [0.2, 0.25) is 10.0 Å². The quantitative estimate of drug-likeness (QED) is 0.712. The molecule has 4 rings (SSSR count). The van der Waals surface area contributed by atoms with E-state index in [2.05, 4.69) is 65.6 Å². The third kappa shape index (κ3) is 4.52. The van der Waals surface area contributed by atoms with Gasteiger partial charge >= 0.3 is 0 Å². The SMILES string of the molecule is CN(C)CCN1C(=NCc2ccccc2)C2(CCNCC2)Cc2cc(Cl)c(Cl)cc21. The summed E-state index contributed by atoms with van der Waals surface area (Å²) in [6, 6.07) is 14.6. The summed E-state index contributed by atoms with van der Waals surface area (Å²) in [5.74, 6) is 1.21. The number of piperidine rings is 1. The van der Waals surface area contributed by atoms with Gasteiger partial charge in [-0.15, -0.1) is 0 Å². The topological polar surface area (TPSA) is 30.9 Å². The zero-order valence-corrected chi connectivity index (χ0v) is 19.3. The van der Waals surface area contributed by atoms with Gasteiger partial charge in [0.25, 0.3) is 0 Å². The summed E-state index contributed by atoms with van der Waals surface area (Å²) in [5.41, 5.74) is 3.71. The molecule has 6 heteroatoms. The molecule has 1 fully saturated rings. The Balaban J connectivity index is 1.80. The Kier molecular flexibility index (Phi) is 6.69. The largest absolute Gasteiger partial charge is 0.328 e. The lowest BCUT2D eigenvalue weighted by molar-refractivity contribution is 0.286. The average Bonchev–Trinajstić information content (AvgIpc) is 2.74. The van der Waals surface area contributed by atoms with Crippen molar-refractivity contribution in [1.29, 1.82) is 0 Å². The number of nitrogens with one attached hydrogen (secondary N) is 1. The van der Waals surface area contributed by atoms with Gasteiger partial charge in [0, 0.05) is 24.2 Å². The van der Waals surface area contributed by atoms with Gasteiger partial charge in [-0.25, -0.2) is 0 Å². The van der Waals surface area contributed by atoms with Crippen molar-refractivity contribution in [2.75, 3.05) is 45.2 Å². The summed E-state index contributed by atoms with van der Waals surface area (Å²) < 4.78 is 0. The summed E-state index contributed by atoms with van der Waals surface area (Å²) in [6.07, 6.45) is 3.13. The molecule has 4 nitrogen and oxygen atoms in total. The lowest BCUT2D eigenvalue weighted by Crippen LogP contribution is -2.55. The molecule has 0 aliphatic carbocycles. The van der Waals surface area contributed by atoms with Crippen LogP contribution in [0.5, 0.6) is 0 Å². The van der Waals surface area contributed by atoms with Gasteiger partial charge in [0.1, 0.15) is 5.84 Å². The van der Waals surface area contributed by atoms with Crippen molar-refractivity contribution >= 4 is 34.7 Å². The molecule has 0 unspecified atom stereocenters. The van der Waals surface area contributed by atoms with E-state index in [1.807, 2.05) is 6.07 Å². The molecule has 1 saturated heterocycles. The van der Waals surface area contributed by atoms with E-state index in [1.54, 1.807) is 0 Å². The van der Waals surface area contributed by atoms with E-state index in [-0.39, 0.29) is 5.41 Å². The van der Waals surface area contributed by atoms with E-state index in [4.69, 9.17) is 28.2 Å². The molecule has 0 aromatic heterocycles. The van der Waals surface area contributed by atoms with Crippen LogP contribution >= 0.6 is 23.2 Å². The Labute approximate surface area is 189 Å². The minimum atomic E-state index is 0.0382. The fraction of sp³-hybridized carbons (Fsp3) is 0.458. The molecular weight excluding hydrogens is 415 g/mol. The first-order valence-corrected chi connectivity index (χ1v) is 11.4. The average molecular weight is 445 g/mol. The first kappa shape index (κ1) is 21.6. The third-order valence-corrected chi connectivity index (χ3v) is 6.98. The standard InChI is InChI=1S/C24H30Cl2N4/c1-29(2)12-13-30-22-15-21(26)20(25)14-19(22)16-24(8-10-27-11-9-24)23(30)28-17-18-6-4-3-5-7-18/h3-7,14-15,27H,8-13,16-17H2,1-2H3. The van der Waals surface area contributed by atoms with Crippen molar-refractivity contribution in [1.82, 2.24) is 10.2 Å². The fourth-order valence-corrected chi connectivity index (χ4v) is 4.99. The van der Waals surface area contributed by atoms with E-state index in [1.165, 1.54) is 17.0 Å². The molecule has 2 aromatic carbocycles. The van der Waals surface area contributed by atoms with Crippen LogP contribution in [0.1, 0.15) is 24.0 Å². The molecule has 0 radical (unpaired) electrons. The van der Waals surface area contributed by atoms with Gasteiger partial charge in [-0.2, -0.15) is 0 Å². The van der Waals surface area contributed by atoms with Crippen molar-refractivity contribution < 1.29 is 0 Å². The molecule has 0 atom stereocenters. The summed E-state index contributed by atoms with van der Waals surface area (Å²) in [5, 5.41) is 4.77. The zero-order valence-electron chi connectivity index (χ0n) is 17.8. The van der Waals surface area contributed by atoms with E-state index in [0.717, 1.165) is 51.1 Å². The van der Waals surface area contributed by atoms with Crippen LogP contribution in [-0.2, 0) is 13.0 Å². The third-order valence-electron chi connectivity index (χ3n) is 6.26. The molecule has 0 amide bonds. The number of aliphatic imine (C=N–C) groups is 1. The first-order chi connectivity index (χ1) is 14.5. The molecular formula is C24H30Cl2N4. The molecule has 1 spiro atoms. The number of likely N-dealkylation sites (N-methyl/N-ethyl adjacent to an activating group) is 1. The van der Waals surface area contributed by atoms with Gasteiger partial charge in [0.05, 0.1) is 16.6 Å². The van der Waals surface area contributed by atoms with Gasteiger partial charge in [0.2, 0.25) is 0 Å². The molecule has 2 aliphatic rings. The lowest BCUT2D eigenvalue weighted by atomic mass is 9.70. The van der Waals surface area contributed by atoms with Crippen molar-refractivity contribution in [2.45, 2.75) is 25.8 Å². The number of halogens is 2. The van der Waals surface area contributed by atoms with E-state index < -0.39 is 0 Å². The second-order valence-corrected chi connectivity index (χ2v) is 9.50. The summed E-state index contributed by atoms with van der Waals surface area (Å²) >= 11 is 12.9. The molecule has 0 bridgehead atoms. The smallest absolute Gasteiger partial charge is 0.110 e. The Bertz CT molecular complexity index is 905. The molecule has 2 aromatic rings. The highest BCUT2D eigenvalue weighted by molar-refractivity contribution is 6.42. The Morgan fingerprint density at radius 1 is 1.07 bits per heavy atom. The number of anilines is 1. The summed E-state index contributed by atoms with van der Waals surface area (Å²) in [6.45, 7) is 4.55. The minimum absolute atomic E-state index is 0.0382. The lowest BCUT2D eigenvalue weighted by Gasteiger charge is -2.48. The number of hydrogen-bond donors (Lipinski definition) is 1. The van der Waals surface area contributed by atoms with Crippen LogP contribution in [0.4, 0.5) is 5.69 Å². The van der Waals surface area contributed by atoms with Gasteiger partial charge in [-0.1, -0.05) is 53.5 Å². The van der Waals surface area contributed by atoms with Gasteiger partial charge in [-0.05, 0) is 69.7 Å². The first-order valence-electron chi connectivity index (χ1n) is 10.7. The molecule has 2 aliphatic heterocycles. The zero-order chi connectivity index (χ0) is 21.1. The van der Waals surface area contributed by atoms with Crippen LogP contribution in [-0.4, -0.2) is 51.0 Å². The molecule has 1 N–H and O–H groups in total. The maximum Gasteiger partial charge on any atom is 0.110 e. The summed E-state index contributed by atoms with van der Waals surface area (Å²) in [4.78, 5) is 9.89. The summed E-state index contributed by atoms with van der Waals surface area (Å²) in [7, 11) is 4.22. The number of nitrogens with zero attached hydrogens (tertiary/aromatic N) is 3. The van der Waals surface area contributed by atoms with Crippen LogP contribution in [0.25, 0.3) is 0 Å². The number of fused-ring (bicyclic) bond motifs is 1. The second kappa shape index (κ2) is 9.27. The van der Waals surface area contributed by atoms with Crippen LogP contribution in [0, 0.1) is 5.41 Å². The molecule has 160 valence electrons. The number of amidine groups is 1. The molecule has 30 heavy (non-hydrogen) atoms.